The van der Waals surface area contributed by atoms with Crippen LogP contribution in [-0.4, -0.2) is 41.7 Å². The normalized spacial score (nSPS) is 10.5. The summed E-state index contributed by atoms with van der Waals surface area (Å²) in [4.78, 5) is 27.4. The molecule has 2 rings (SSSR count). The van der Waals surface area contributed by atoms with Crippen LogP contribution in [0.25, 0.3) is 9.88 Å². The van der Waals surface area contributed by atoms with Gasteiger partial charge in [0.1, 0.15) is 17.3 Å². The fourth-order valence-corrected chi connectivity index (χ4v) is 3.67. The van der Waals surface area contributed by atoms with Crippen molar-refractivity contribution in [2.24, 2.45) is 0 Å². The number of carboxylic acids is 1. The monoisotopic (exact) mass is 390 g/mol. The van der Waals surface area contributed by atoms with Crippen molar-refractivity contribution in [1.29, 1.82) is 0 Å². The number of thiophene rings is 1. The Balaban J connectivity index is 1.83. The molecule has 2 aromatic heterocycles. The second-order valence-electron chi connectivity index (χ2n) is 3.84. The average Bonchev–Trinajstić information content (AvgIpc) is 3.06. The van der Waals surface area contributed by atoms with E-state index < -0.39 is 5.97 Å². The minimum absolute atomic E-state index is 0.146. The Bertz CT molecular complexity index is 641. The van der Waals surface area contributed by atoms with E-state index in [0.29, 0.717) is 5.69 Å². The first-order valence-corrected chi connectivity index (χ1v) is 8.34. The molecule has 0 saturated carbocycles. The predicted octanol–water partition coefficient (Wildman–Crippen LogP) is 2.47. The van der Waals surface area contributed by atoms with Gasteiger partial charge < -0.3 is 15.2 Å². The lowest BCUT2D eigenvalue weighted by atomic mass is 10.4. The van der Waals surface area contributed by atoms with E-state index in [9.17, 15) is 9.59 Å². The quantitative estimate of drug-likeness (QED) is 0.708. The Morgan fingerprint density at radius 3 is 2.90 bits per heavy atom. The van der Waals surface area contributed by atoms with Crippen LogP contribution in [0.2, 0.25) is 0 Å². The van der Waals surface area contributed by atoms with Gasteiger partial charge in [0.05, 0.1) is 15.3 Å². The van der Waals surface area contributed by atoms with Crippen molar-refractivity contribution in [3.8, 4) is 9.88 Å². The molecule has 9 heteroatoms. The van der Waals surface area contributed by atoms with E-state index >= 15 is 0 Å². The zero-order chi connectivity index (χ0) is 15.2. The topological polar surface area (TPSA) is 88.5 Å². The number of amides is 1. The zero-order valence-electron chi connectivity index (χ0n) is 10.7. The van der Waals surface area contributed by atoms with E-state index in [0.717, 1.165) is 13.7 Å². The third-order valence-electron chi connectivity index (χ3n) is 2.28. The highest BCUT2D eigenvalue weighted by atomic mass is 79.9. The number of nitrogens with one attached hydrogen (secondary N) is 1. The minimum Gasteiger partial charge on any atom is -0.480 e. The van der Waals surface area contributed by atoms with Crippen LogP contribution in [0.4, 0.5) is 0 Å². The van der Waals surface area contributed by atoms with E-state index in [1.165, 1.54) is 11.3 Å². The first-order chi connectivity index (χ1) is 10.1. The fraction of sp³-hybridized carbons (Fsp3) is 0.250. The second kappa shape index (κ2) is 7.64. The van der Waals surface area contributed by atoms with E-state index in [2.05, 4.69) is 26.2 Å². The molecule has 21 heavy (non-hydrogen) atoms. The van der Waals surface area contributed by atoms with Crippen molar-refractivity contribution >= 4 is 50.5 Å². The number of hydrogen-bond donors (Lipinski definition) is 2. The van der Waals surface area contributed by atoms with Gasteiger partial charge in [-0.3, -0.25) is 4.79 Å². The SMILES string of the molecule is O=C(O)COCCNC(=O)c1csc(-c2ccc(Br)s2)n1. The lowest BCUT2D eigenvalue weighted by Crippen LogP contribution is -2.28. The molecule has 0 aromatic carbocycles. The molecule has 0 fully saturated rings. The summed E-state index contributed by atoms with van der Waals surface area (Å²) in [5.74, 6) is -1.33. The molecule has 112 valence electrons. The van der Waals surface area contributed by atoms with Crippen LogP contribution in [0.3, 0.4) is 0 Å². The predicted molar refractivity (Wildman–Crippen MR) is 83.9 cm³/mol. The maximum absolute atomic E-state index is 11.8. The lowest BCUT2D eigenvalue weighted by molar-refractivity contribution is -0.142. The van der Waals surface area contributed by atoms with Crippen molar-refractivity contribution < 1.29 is 19.4 Å². The van der Waals surface area contributed by atoms with Crippen LogP contribution in [0.1, 0.15) is 10.5 Å². The molecule has 0 aliphatic heterocycles. The Kier molecular flexibility index (Phi) is 5.85. The maximum atomic E-state index is 11.8. The number of aliphatic carboxylic acids is 1. The second-order valence-corrected chi connectivity index (χ2v) is 7.16. The van der Waals surface area contributed by atoms with Crippen LogP contribution in [-0.2, 0) is 9.53 Å². The average molecular weight is 391 g/mol. The number of nitrogens with zero attached hydrogens (tertiary/aromatic N) is 1. The molecule has 0 atom stereocenters. The number of ether oxygens (including phenoxy) is 1. The van der Waals surface area contributed by atoms with Crippen LogP contribution in [0.15, 0.2) is 21.3 Å². The molecule has 2 heterocycles. The fourth-order valence-electron chi connectivity index (χ4n) is 1.41. The van der Waals surface area contributed by atoms with Crippen molar-refractivity contribution in [3.05, 3.63) is 27.0 Å². The minimum atomic E-state index is -1.03. The van der Waals surface area contributed by atoms with Gasteiger partial charge in [0, 0.05) is 11.9 Å². The Morgan fingerprint density at radius 2 is 2.24 bits per heavy atom. The molecule has 0 aliphatic rings. The van der Waals surface area contributed by atoms with Crippen molar-refractivity contribution in [2.75, 3.05) is 19.8 Å². The van der Waals surface area contributed by atoms with Gasteiger partial charge in [-0.05, 0) is 28.1 Å². The Labute approximate surface area is 136 Å². The summed E-state index contributed by atoms with van der Waals surface area (Å²) in [5.41, 5.74) is 0.345. The number of carboxylic acid groups (broad SMARTS) is 1. The van der Waals surface area contributed by atoms with Crippen molar-refractivity contribution in [3.63, 3.8) is 0 Å². The van der Waals surface area contributed by atoms with Gasteiger partial charge in [-0.1, -0.05) is 0 Å². The maximum Gasteiger partial charge on any atom is 0.329 e. The summed E-state index contributed by atoms with van der Waals surface area (Å²) in [6.07, 6.45) is 0. The molecule has 0 unspecified atom stereocenters. The first kappa shape index (κ1) is 16.1. The van der Waals surface area contributed by atoms with Crippen LogP contribution in [0.5, 0.6) is 0 Å². The lowest BCUT2D eigenvalue weighted by Gasteiger charge is -2.02. The molecule has 0 spiro atoms. The molecular formula is C12H11BrN2O4S2. The number of hydrogen-bond acceptors (Lipinski definition) is 6. The molecule has 0 saturated heterocycles. The highest BCUT2D eigenvalue weighted by Gasteiger charge is 2.12. The third kappa shape index (κ3) is 4.88. The van der Waals surface area contributed by atoms with E-state index in [1.807, 2.05) is 12.1 Å². The number of carbonyl (C=O) groups excluding carboxylic acids is 1. The summed E-state index contributed by atoms with van der Waals surface area (Å²) in [5, 5.41) is 13.5. The van der Waals surface area contributed by atoms with Crippen molar-refractivity contribution in [2.45, 2.75) is 0 Å². The van der Waals surface area contributed by atoms with Crippen LogP contribution >= 0.6 is 38.6 Å². The summed E-state index contributed by atoms with van der Waals surface area (Å²) in [6.45, 7) is 0.0143. The number of carbonyl (C=O) groups is 2. The molecule has 1 amide bonds. The number of thiazole rings is 1. The molecule has 2 aromatic rings. The van der Waals surface area contributed by atoms with Gasteiger partial charge in [0.25, 0.3) is 5.91 Å². The Morgan fingerprint density at radius 1 is 1.43 bits per heavy atom. The van der Waals surface area contributed by atoms with Gasteiger partial charge >= 0.3 is 5.97 Å². The summed E-state index contributed by atoms with van der Waals surface area (Å²) >= 11 is 6.34. The zero-order valence-corrected chi connectivity index (χ0v) is 13.9. The number of halogens is 1. The van der Waals surface area contributed by atoms with Crippen LogP contribution in [0, 0.1) is 0 Å². The number of rotatable bonds is 7. The van der Waals surface area contributed by atoms with Gasteiger partial charge in [-0.2, -0.15) is 0 Å². The summed E-state index contributed by atoms with van der Waals surface area (Å²) < 4.78 is 5.83. The third-order valence-corrected chi connectivity index (χ3v) is 4.91. The molecular weight excluding hydrogens is 380 g/mol. The van der Waals surface area contributed by atoms with Crippen molar-refractivity contribution in [1.82, 2.24) is 10.3 Å². The molecule has 6 nitrogen and oxygen atoms in total. The molecule has 2 N–H and O–H groups in total. The number of aromatic nitrogens is 1. The van der Waals surface area contributed by atoms with E-state index in [1.54, 1.807) is 16.7 Å². The van der Waals surface area contributed by atoms with E-state index in [4.69, 9.17) is 9.84 Å². The van der Waals surface area contributed by atoms with Gasteiger partial charge in [0.2, 0.25) is 0 Å². The largest absolute Gasteiger partial charge is 0.480 e. The van der Waals surface area contributed by atoms with Gasteiger partial charge in [-0.25, -0.2) is 9.78 Å². The van der Waals surface area contributed by atoms with Gasteiger partial charge in [0.15, 0.2) is 0 Å². The molecule has 0 radical (unpaired) electrons. The standard InChI is InChI=1S/C12H11BrN2O4S2/c13-9-2-1-8(21-9)12-15-7(6-20-12)11(18)14-3-4-19-5-10(16)17/h1-2,6H,3-5H2,(H,14,18)(H,16,17). The molecule has 0 aliphatic carbocycles. The summed E-state index contributed by atoms with van der Waals surface area (Å²) in [7, 11) is 0. The van der Waals surface area contributed by atoms with Gasteiger partial charge in [-0.15, -0.1) is 22.7 Å². The van der Waals surface area contributed by atoms with Crippen LogP contribution < -0.4 is 5.32 Å². The smallest absolute Gasteiger partial charge is 0.329 e. The summed E-state index contributed by atoms with van der Waals surface area (Å²) in [6, 6.07) is 3.87. The Hall–Kier alpha value is -1.29. The molecule has 0 bridgehead atoms. The highest BCUT2D eigenvalue weighted by Crippen LogP contribution is 2.33. The first-order valence-electron chi connectivity index (χ1n) is 5.85. The van der Waals surface area contributed by atoms with E-state index in [-0.39, 0.29) is 25.7 Å². The highest BCUT2D eigenvalue weighted by molar-refractivity contribution is 9.11.